The van der Waals surface area contributed by atoms with Crippen LogP contribution in [0, 0.1) is 0 Å². The molecule has 2 N–H and O–H groups in total. The zero-order valence-electron chi connectivity index (χ0n) is 13.0. The van der Waals surface area contributed by atoms with E-state index in [1.165, 1.54) is 6.92 Å². The van der Waals surface area contributed by atoms with Gasteiger partial charge in [-0.25, -0.2) is 4.79 Å². The van der Waals surface area contributed by atoms with Gasteiger partial charge in [-0.3, -0.25) is 9.59 Å². The van der Waals surface area contributed by atoms with Gasteiger partial charge in [0, 0.05) is 24.7 Å². The number of cyclic esters (lactones) is 1. The van der Waals surface area contributed by atoms with E-state index in [-0.39, 0.29) is 11.8 Å². The summed E-state index contributed by atoms with van der Waals surface area (Å²) in [6.45, 7) is 1.42. The standard InChI is InChI=1S/C18H16N2O4/c1-11(21)19-13-6-8-14(9-7-13)20-17(22)16-10-12-4-2-3-5-15(12)18(23)24-16/h2-9,16H,10H2,1H3,(H,19,21)(H,20,22). The van der Waals surface area contributed by atoms with Crippen molar-refractivity contribution in [2.45, 2.75) is 19.4 Å². The summed E-state index contributed by atoms with van der Waals surface area (Å²) < 4.78 is 5.22. The molecule has 0 saturated carbocycles. The Morgan fingerprint density at radius 2 is 1.62 bits per heavy atom. The largest absolute Gasteiger partial charge is 0.448 e. The van der Waals surface area contributed by atoms with Gasteiger partial charge in [0.25, 0.3) is 5.91 Å². The van der Waals surface area contributed by atoms with Crippen molar-refractivity contribution in [2.75, 3.05) is 10.6 Å². The minimum atomic E-state index is -0.859. The molecule has 1 atom stereocenters. The van der Waals surface area contributed by atoms with Gasteiger partial charge in [0.2, 0.25) is 5.91 Å². The Kier molecular flexibility index (Phi) is 4.29. The molecule has 1 unspecified atom stereocenters. The van der Waals surface area contributed by atoms with Crippen LogP contribution < -0.4 is 10.6 Å². The number of amides is 2. The molecular weight excluding hydrogens is 308 g/mol. The van der Waals surface area contributed by atoms with Crippen molar-refractivity contribution in [3.63, 3.8) is 0 Å². The second-order valence-corrected chi connectivity index (χ2v) is 5.50. The molecule has 2 aromatic rings. The van der Waals surface area contributed by atoms with E-state index in [0.717, 1.165) is 5.56 Å². The first-order valence-corrected chi connectivity index (χ1v) is 7.50. The summed E-state index contributed by atoms with van der Waals surface area (Å²) in [5, 5.41) is 5.36. The fourth-order valence-electron chi connectivity index (χ4n) is 2.54. The Hall–Kier alpha value is -3.15. The van der Waals surface area contributed by atoms with Crippen molar-refractivity contribution in [1.82, 2.24) is 0 Å². The molecular formula is C18H16N2O4. The van der Waals surface area contributed by atoms with Crippen LogP contribution in [-0.2, 0) is 20.7 Å². The average molecular weight is 324 g/mol. The predicted molar refractivity (Wildman–Crippen MR) is 88.7 cm³/mol. The normalized spacial score (nSPS) is 15.9. The van der Waals surface area contributed by atoms with Crippen LogP contribution in [0.2, 0.25) is 0 Å². The SMILES string of the molecule is CC(=O)Nc1ccc(NC(=O)C2Cc3ccccc3C(=O)O2)cc1. The fourth-order valence-corrected chi connectivity index (χ4v) is 2.54. The molecule has 0 aromatic heterocycles. The maximum absolute atomic E-state index is 12.3. The van der Waals surface area contributed by atoms with Crippen molar-refractivity contribution in [3.05, 3.63) is 59.7 Å². The third-order valence-electron chi connectivity index (χ3n) is 3.66. The first-order chi connectivity index (χ1) is 11.5. The van der Waals surface area contributed by atoms with E-state index in [4.69, 9.17) is 4.74 Å². The van der Waals surface area contributed by atoms with Gasteiger partial charge < -0.3 is 15.4 Å². The predicted octanol–water partition coefficient (Wildman–Crippen LogP) is 2.37. The summed E-state index contributed by atoms with van der Waals surface area (Å²) in [4.78, 5) is 35.3. The number of esters is 1. The molecule has 6 heteroatoms. The highest BCUT2D eigenvalue weighted by atomic mass is 16.5. The summed E-state index contributed by atoms with van der Waals surface area (Å²) >= 11 is 0. The molecule has 2 aromatic carbocycles. The molecule has 0 radical (unpaired) electrons. The Morgan fingerprint density at radius 3 is 2.29 bits per heavy atom. The highest BCUT2D eigenvalue weighted by Gasteiger charge is 2.30. The Morgan fingerprint density at radius 1 is 1.00 bits per heavy atom. The highest BCUT2D eigenvalue weighted by Crippen LogP contribution is 2.22. The molecule has 1 aliphatic rings. The number of fused-ring (bicyclic) bond motifs is 1. The van der Waals surface area contributed by atoms with Gasteiger partial charge in [-0.15, -0.1) is 0 Å². The van der Waals surface area contributed by atoms with Crippen LogP contribution in [0.4, 0.5) is 11.4 Å². The number of benzene rings is 2. The lowest BCUT2D eigenvalue weighted by molar-refractivity contribution is -0.125. The second kappa shape index (κ2) is 6.54. The quantitative estimate of drug-likeness (QED) is 0.849. The van der Waals surface area contributed by atoms with Gasteiger partial charge in [0.1, 0.15) is 0 Å². The maximum Gasteiger partial charge on any atom is 0.339 e. The molecule has 6 nitrogen and oxygen atoms in total. The lowest BCUT2D eigenvalue weighted by Crippen LogP contribution is -2.37. The van der Waals surface area contributed by atoms with E-state index >= 15 is 0 Å². The number of hydrogen-bond donors (Lipinski definition) is 2. The first-order valence-electron chi connectivity index (χ1n) is 7.50. The van der Waals surface area contributed by atoms with Crippen LogP contribution in [0.25, 0.3) is 0 Å². The molecule has 0 spiro atoms. The highest BCUT2D eigenvalue weighted by molar-refractivity contribution is 6.00. The van der Waals surface area contributed by atoms with E-state index in [9.17, 15) is 14.4 Å². The van der Waals surface area contributed by atoms with Crippen LogP contribution in [0.1, 0.15) is 22.8 Å². The van der Waals surface area contributed by atoms with Crippen molar-refractivity contribution in [2.24, 2.45) is 0 Å². The van der Waals surface area contributed by atoms with Crippen LogP contribution in [0.5, 0.6) is 0 Å². The molecule has 0 saturated heterocycles. The molecule has 1 heterocycles. The summed E-state index contributed by atoms with van der Waals surface area (Å²) in [5.74, 6) is -1.04. The summed E-state index contributed by atoms with van der Waals surface area (Å²) in [5.41, 5.74) is 2.50. The van der Waals surface area contributed by atoms with Crippen molar-refractivity contribution >= 4 is 29.2 Å². The monoisotopic (exact) mass is 324 g/mol. The lowest BCUT2D eigenvalue weighted by atomic mass is 9.98. The zero-order valence-corrected chi connectivity index (χ0v) is 13.0. The van der Waals surface area contributed by atoms with Crippen LogP contribution in [0.15, 0.2) is 48.5 Å². The van der Waals surface area contributed by atoms with Crippen LogP contribution in [-0.4, -0.2) is 23.9 Å². The van der Waals surface area contributed by atoms with Gasteiger partial charge in [-0.05, 0) is 35.9 Å². The zero-order chi connectivity index (χ0) is 17.1. The van der Waals surface area contributed by atoms with E-state index in [0.29, 0.717) is 23.4 Å². The minimum Gasteiger partial charge on any atom is -0.448 e. The maximum atomic E-state index is 12.3. The van der Waals surface area contributed by atoms with Gasteiger partial charge in [0.05, 0.1) is 5.56 Å². The van der Waals surface area contributed by atoms with Gasteiger partial charge in [-0.1, -0.05) is 18.2 Å². The molecule has 0 aliphatic carbocycles. The smallest absolute Gasteiger partial charge is 0.339 e. The molecule has 1 aliphatic heterocycles. The van der Waals surface area contributed by atoms with E-state index in [1.807, 2.05) is 12.1 Å². The number of carbonyl (C=O) groups is 3. The number of carbonyl (C=O) groups excluding carboxylic acids is 3. The van der Waals surface area contributed by atoms with Gasteiger partial charge in [-0.2, -0.15) is 0 Å². The number of nitrogens with one attached hydrogen (secondary N) is 2. The lowest BCUT2D eigenvalue weighted by Gasteiger charge is -2.23. The Labute approximate surface area is 138 Å². The van der Waals surface area contributed by atoms with Crippen molar-refractivity contribution < 1.29 is 19.1 Å². The second-order valence-electron chi connectivity index (χ2n) is 5.50. The van der Waals surface area contributed by atoms with E-state index < -0.39 is 12.1 Å². The number of rotatable bonds is 3. The van der Waals surface area contributed by atoms with Gasteiger partial charge >= 0.3 is 5.97 Å². The van der Waals surface area contributed by atoms with Crippen LogP contribution in [0.3, 0.4) is 0 Å². The topological polar surface area (TPSA) is 84.5 Å². The molecule has 2 amide bonds. The molecule has 3 rings (SSSR count). The van der Waals surface area contributed by atoms with Crippen molar-refractivity contribution in [1.29, 1.82) is 0 Å². The summed E-state index contributed by atoms with van der Waals surface area (Å²) in [6, 6.07) is 13.8. The molecule has 122 valence electrons. The summed E-state index contributed by atoms with van der Waals surface area (Å²) in [7, 11) is 0. The summed E-state index contributed by atoms with van der Waals surface area (Å²) in [6.07, 6.45) is -0.514. The molecule has 0 fully saturated rings. The van der Waals surface area contributed by atoms with Crippen LogP contribution >= 0.6 is 0 Å². The Bertz CT molecular complexity index is 799. The minimum absolute atomic E-state index is 0.167. The number of hydrogen-bond acceptors (Lipinski definition) is 4. The number of ether oxygens (including phenoxy) is 1. The molecule has 0 bridgehead atoms. The third kappa shape index (κ3) is 3.43. The van der Waals surface area contributed by atoms with E-state index in [2.05, 4.69) is 10.6 Å². The van der Waals surface area contributed by atoms with Gasteiger partial charge in [0.15, 0.2) is 6.10 Å². The van der Waals surface area contributed by atoms with Crippen molar-refractivity contribution in [3.8, 4) is 0 Å². The average Bonchev–Trinajstić information content (AvgIpc) is 2.56. The fraction of sp³-hybridized carbons (Fsp3) is 0.167. The van der Waals surface area contributed by atoms with E-state index in [1.54, 1.807) is 36.4 Å². The number of anilines is 2. The first kappa shape index (κ1) is 15.7. The third-order valence-corrected chi connectivity index (χ3v) is 3.66. The Balaban J connectivity index is 1.67. The molecule has 24 heavy (non-hydrogen) atoms.